The molecule has 1 aromatic rings. The molecule has 12 heavy (non-hydrogen) atoms. The first-order chi connectivity index (χ1) is 5.65. The van der Waals surface area contributed by atoms with Crippen LogP contribution in [0.2, 0.25) is 5.02 Å². The van der Waals surface area contributed by atoms with Crippen LogP contribution in [0.1, 0.15) is 18.5 Å². The Hall–Kier alpha value is -0.730. The van der Waals surface area contributed by atoms with E-state index in [4.69, 9.17) is 22.1 Å². The monoisotopic (exact) mass is 185 g/mol. The van der Waals surface area contributed by atoms with Gasteiger partial charge in [0.05, 0.1) is 7.11 Å². The molecular weight excluding hydrogens is 174 g/mol. The highest BCUT2D eigenvalue weighted by atomic mass is 35.5. The molecule has 0 saturated carbocycles. The summed E-state index contributed by atoms with van der Waals surface area (Å²) in [7, 11) is 1.61. The molecule has 0 fully saturated rings. The van der Waals surface area contributed by atoms with Gasteiger partial charge in [-0.15, -0.1) is 0 Å². The number of methoxy groups -OCH3 is 1. The normalized spacial score (nSPS) is 12.7. The minimum Gasteiger partial charge on any atom is -0.496 e. The van der Waals surface area contributed by atoms with E-state index in [1.807, 2.05) is 19.1 Å². The zero-order valence-corrected chi connectivity index (χ0v) is 7.93. The summed E-state index contributed by atoms with van der Waals surface area (Å²) in [6, 6.07) is 5.42. The van der Waals surface area contributed by atoms with E-state index in [0.717, 1.165) is 11.3 Å². The Kier molecular flexibility index (Phi) is 2.95. The third kappa shape index (κ3) is 1.90. The first-order valence-corrected chi connectivity index (χ1v) is 4.12. The number of rotatable bonds is 2. The minimum absolute atomic E-state index is 0.0304. The largest absolute Gasteiger partial charge is 0.496 e. The van der Waals surface area contributed by atoms with Crippen molar-refractivity contribution in [1.82, 2.24) is 0 Å². The molecule has 0 radical (unpaired) electrons. The molecule has 1 rings (SSSR count). The lowest BCUT2D eigenvalue weighted by Gasteiger charge is -2.11. The molecule has 66 valence electrons. The summed E-state index contributed by atoms with van der Waals surface area (Å²) in [6.07, 6.45) is 0. The summed E-state index contributed by atoms with van der Waals surface area (Å²) in [5.41, 5.74) is 6.69. The first-order valence-electron chi connectivity index (χ1n) is 3.74. The first kappa shape index (κ1) is 9.36. The van der Waals surface area contributed by atoms with Crippen molar-refractivity contribution in [3.8, 4) is 5.75 Å². The lowest BCUT2D eigenvalue weighted by atomic mass is 10.1. The molecule has 0 aliphatic carbocycles. The average molecular weight is 186 g/mol. The summed E-state index contributed by atoms with van der Waals surface area (Å²) in [6.45, 7) is 1.91. The summed E-state index contributed by atoms with van der Waals surface area (Å²) in [5, 5.41) is 0.663. The molecule has 0 aromatic heterocycles. The van der Waals surface area contributed by atoms with E-state index < -0.39 is 0 Å². The molecule has 0 spiro atoms. The van der Waals surface area contributed by atoms with Crippen molar-refractivity contribution in [3.05, 3.63) is 28.8 Å². The topological polar surface area (TPSA) is 35.2 Å². The minimum atomic E-state index is -0.0304. The van der Waals surface area contributed by atoms with Crippen LogP contribution in [-0.4, -0.2) is 7.11 Å². The number of nitrogens with two attached hydrogens (primary N) is 1. The predicted octanol–water partition coefficient (Wildman–Crippen LogP) is 2.37. The highest BCUT2D eigenvalue weighted by Gasteiger charge is 2.06. The molecule has 0 heterocycles. The number of benzene rings is 1. The van der Waals surface area contributed by atoms with Gasteiger partial charge in [0.2, 0.25) is 0 Å². The third-order valence-electron chi connectivity index (χ3n) is 1.69. The van der Waals surface area contributed by atoms with E-state index in [1.54, 1.807) is 13.2 Å². The highest BCUT2D eigenvalue weighted by Crippen LogP contribution is 2.26. The third-order valence-corrected chi connectivity index (χ3v) is 1.92. The van der Waals surface area contributed by atoms with Crippen molar-refractivity contribution in [2.24, 2.45) is 5.73 Å². The number of hydrogen-bond acceptors (Lipinski definition) is 2. The molecule has 0 bridgehead atoms. The van der Waals surface area contributed by atoms with E-state index in [0.29, 0.717) is 5.02 Å². The Balaban J connectivity index is 3.11. The summed E-state index contributed by atoms with van der Waals surface area (Å²) in [4.78, 5) is 0. The lowest BCUT2D eigenvalue weighted by molar-refractivity contribution is 0.407. The maximum absolute atomic E-state index is 5.78. The highest BCUT2D eigenvalue weighted by molar-refractivity contribution is 6.30. The van der Waals surface area contributed by atoms with Crippen LogP contribution in [0.4, 0.5) is 0 Å². The molecule has 0 saturated heterocycles. The van der Waals surface area contributed by atoms with Crippen LogP contribution in [0, 0.1) is 0 Å². The fourth-order valence-electron chi connectivity index (χ4n) is 1.06. The molecular formula is C9H12ClNO. The van der Waals surface area contributed by atoms with Crippen LogP contribution in [0.15, 0.2) is 18.2 Å². The van der Waals surface area contributed by atoms with Gasteiger partial charge in [-0.25, -0.2) is 0 Å². The van der Waals surface area contributed by atoms with Crippen LogP contribution in [-0.2, 0) is 0 Å². The quantitative estimate of drug-likeness (QED) is 0.768. The van der Waals surface area contributed by atoms with Gasteiger partial charge in [-0.2, -0.15) is 0 Å². The molecule has 0 aliphatic rings. The van der Waals surface area contributed by atoms with Gasteiger partial charge in [0.1, 0.15) is 5.75 Å². The second-order valence-electron chi connectivity index (χ2n) is 2.67. The molecule has 2 nitrogen and oxygen atoms in total. The van der Waals surface area contributed by atoms with Crippen molar-refractivity contribution >= 4 is 11.6 Å². The fourth-order valence-corrected chi connectivity index (χ4v) is 1.22. The molecule has 0 amide bonds. The van der Waals surface area contributed by atoms with Crippen LogP contribution in [0.25, 0.3) is 0 Å². The number of hydrogen-bond donors (Lipinski definition) is 1. The summed E-state index contributed by atoms with van der Waals surface area (Å²) >= 11 is 5.78. The number of halogens is 1. The van der Waals surface area contributed by atoms with Crippen LogP contribution in [0.5, 0.6) is 5.75 Å². The lowest BCUT2D eigenvalue weighted by Crippen LogP contribution is -2.06. The molecule has 1 atom stereocenters. The second-order valence-corrected chi connectivity index (χ2v) is 3.11. The zero-order valence-electron chi connectivity index (χ0n) is 7.17. The van der Waals surface area contributed by atoms with Crippen molar-refractivity contribution in [2.75, 3.05) is 7.11 Å². The Morgan fingerprint density at radius 2 is 2.17 bits per heavy atom. The van der Waals surface area contributed by atoms with Crippen molar-refractivity contribution in [3.63, 3.8) is 0 Å². The Morgan fingerprint density at radius 1 is 1.50 bits per heavy atom. The van der Waals surface area contributed by atoms with E-state index >= 15 is 0 Å². The number of ether oxygens (including phenoxy) is 1. The van der Waals surface area contributed by atoms with Gasteiger partial charge >= 0.3 is 0 Å². The Morgan fingerprint density at radius 3 is 2.67 bits per heavy atom. The Bertz CT molecular complexity index is 273. The Labute approximate surface area is 77.3 Å². The maximum Gasteiger partial charge on any atom is 0.125 e. The van der Waals surface area contributed by atoms with E-state index in [2.05, 4.69) is 0 Å². The van der Waals surface area contributed by atoms with Crippen LogP contribution >= 0.6 is 11.6 Å². The molecule has 1 unspecified atom stereocenters. The zero-order chi connectivity index (χ0) is 9.14. The van der Waals surface area contributed by atoms with Gasteiger partial charge in [0, 0.05) is 16.6 Å². The van der Waals surface area contributed by atoms with E-state index in [1.165, 1.54) is 0 Å². The molecule has 0 aliphatic heterocycles. The molecule has 2 N–H and O–H groups in total. The summed E-state index contributed by atoms with van der Waals surface area (Å²) in [5.74, 6) is 0.748. The van der Waals surface area contributed by atoms with E-state index in [9.17, 15) is 0 Å². The van der Waals surface area contributed by atoms with Gasteiger partial charge in [-0.05, 0) is 19.1 Å². The van der Waals surface area contributed by atoms with Crippen molar-refractivity contribution in [2.45, 2.75) is 13.0 Å². The van der Waals surface area contributed by atoms with Gasteiger partial charge in [0.15, 0.2) is 0 Å². The van der Waals surface area contributed by atoms with Crippen LogP contribution in [0.3, 0.4) is 0 Å². The SMILES string of the molecule is COc1cc(Cl)ccc1C(C)N. The van der Waals surface area contributed by atoms with Gasteiger partial charge in [0.25, 0.3) is 0 Å². The second kappa shape index (κ2) is 3.78. The maximum atomic E-state index is 5.78. The van der Waals surface area contributed by atoms with Crippen molar-refractivity contribution < 1.29 is 4.74 Å². The fraction of sp³-hybridized carbons (Fsp3) is 0.333. The van der Waals surface area contributed by atoms with Crippen LogP contribution < -0.4 is 10.5 Å². The molecule has 1 aromatic carbocycles. The van der Waals surface area contributed by atoms with Gasteiger partial charge in [-0.1, -0.05) is 17.7 Å². The van der Waals surface area contributed by atoms with E-state index in [-0.39, 0.29) is 6.04 Å². The van der Waals surface area contributed by atoms with Crippen molar-refractivity contribution in [1.29, 1.82) is 0 Å². The summed E-state index contributed by atoms with van der Waals surface area (Å²) < 4.78 is 5.12. The smallest absolute Gasteiger partial charge is 0.125 e. The van der Waals surface area contributed by atoms with Gasteiger partial charge in [-0.3, -0.25) is 0 Å². The molecule has 3 heteroatoms. The average Bonchev–Trinajstić information content (AvgIpc) is 2.03. The van der Waals surface area contributed by atoms with Gasteiger partial charge < -0.3 is 10.5 Å². The standard InChI is InChI=1S/C9H12ClNO/c1-6(11)8-4-3-7(10)5-9(8)12-2/h3-6H,11H2,1-2H3. The predicted molar refractivity (Wildman–Crippen MR) is 50.6 cm³/mol.